The van der Waals surface area contributed by atoms with Crippen molar-refractivity contribution >= 4 is 58.2 Å². The number of aryl methyl sites for hydroxylation is 2. The number of amides is 5. The Morgan fingerprint density at radius 2 is 1.74 bits per heavy atom. The standard InChI is InChI=1S/C38H39ClN8O6S/c1-20-21(2)54-38-33(20)34(23-9-11-24(39)12-10-23)42-27(35-45-44-22(3)47(35)38)17-31(49)40-15-4-5-16-41-32(50)19-53-29-8-6-7-25-26(29)18-46(37(25)52)28-13-14-30(48)43-36(28)51/h6-12,27-28H,4-5,13-19H2,1-3H3,(H,40,49)(H,41,50)(H,43,48,51)/t27-,28?/m0/s1. The van der Waals surface area contributed by atoms with E-state index in [0.29, 0.717) is 53.7 Å². The van der Waals surface area contributed by atoms with Crippen molar-refractivity contribution < 1.29 is 28.7 Å². The number of halogens is 1. The van der Waals surface area contributed by atoms with E-state index in [0.717, 1.165) is 38.1 Å². The molecule has 1 fully saturated rings. The normalized spacial score (nSPS) is 17.6. The highest BCUT2D eigenvalue weighted by atomic mass is 35.5. The van der Waals surface area contributed by atoms with Crippen molar-refractivity contribution in [2.45, 2.75) is 71.5 Å². The molecule has 0 saturated carbocycles. The molecule has 7 rings (SSSR count). The zero-order valence-electron chi connectivity index (χ0n) is 30.0. The number of nitrogens with zero attached hydrogens (tertiary/aromatic N) is 5. The number of nitrogens with one attached hydrogen (secondary N) is 3. The number of aromatic nitrogens is 3. The monoisotopic (exact) mass is 770 g/mol. The van der Waals surface area contributed by atoms with E-state index in [4.69, 9.17) is 21.3 Å². The van der Waals surface area contributed by atoms with Crippen LogP contribution in [0.2, 0.25) is 5.02 Å². The van der Waals surface area contributed by atoms with Crippen LogP contribution in [0, 0.1) is 20.8 Å². The molecule has 16 heteroatoms. The van der Waals surface area contributed by atoms with E-state index in [-0.39, 0.29) is 56.0 Å². The Kier molecular flexibility index (Phi) is 10.6. The van der Waals surface area contributed by atoms with Crippen LogP contribution in [-0.2, 0) is 25.7 Å². The van der Waals surface area contributed by atoms with Gasteiger partial charge in [-0.15, -0.1) is 21.5 Å². The molecule has 1 unspecified atom stereocenters. The van der Waals surface area contributed by atoms with Gasteiger partial charge in [-0.1, -0.05) is 29.8 Å². The van der Waals surface area contributed by atoms with Crippen LogP contribution in [-0.4, -0.2) is 80.7 Å². The molecule has 3 aliphatic rings. The minimum Gasteiger partial charge on any atom is -0.483 e. The summed E-state index contributed by atoms with van der Waals surface area (Å²) in [5.74, 6) is 0.0585. The molecule has 4 aromatic rings. The molecule has 1 saturated heterocycles. The van der Waals surface area contributed by atoms with E-state index in [1.807, 2.05) is 35.8 Å². The van der Waals surface area contributed by atoms with Gasteiger partial charge in [-0.3, -0.25) is 38.8 Å². The lowest BCUT2D eigenvalue weighted by atomic mass is 9.99. The summed E-state index contributed by atoms with van der Waals surface area (Å²) in [6.07, 6.45) is 1.75. The molecule has 5 amide bonds. The average molecular weight is 771 g/mol. The second-order valence-corrected chi connectivity index (χ2v) is 15.1. The molecule has 280 valence electrons. The average Bonchev–Trinajstić information content (AvgIpc) is 3.76. The zero-order valence-corrected chi connectivity index (χ0v) is 31.6. The van der Waals surface area contributed by atoms with E-state index in [9.17, 15) is 24.0 Å². The van der Waals surface area contributed by atoms with Gasteiger partial charge >= 0.3 is 0 Å². The van der Waals surface area contributed by atoms with Crippen molar-refractivity contribution in [1.29, 1.82) is 0 Å². The van der Waals surface area contributed by atoms with Gasteiger partial charge in [-0.25, -0.2) is 0 Å². The molecule has 2 atom stereocenters. The minimum atomic E-state index is -0.740. The van der Waals surface area contributed by atoms with Crippen LogP contribution in [0.4, 0.5) is 0 Å². The highest BCUT2D eigenvalue weighted by Gasteiger charge is 2.40. The number of carbonyl (C=O) groups is 5. The van der Waals surface area contributed by atoms with Crippen molar-refractivity contribution in [1.82, 2.24) is 35.6 Å². The number of benzene rings is 2. The quantitative estimate of drug-likeness (QED) is 0.143. The predicted octanol–water partition coefficient (Wildman–Crippen LogP) is 4.04. The van der Waals surface area contributed by atoms with Crippen LogP contribution in [0.1, 0.15) is 87.3 Å². The van der Waals surface area contributed by atoms with Crippen molar-refractivity contribution in [2.24, 2.45) is 4.99 Å². The molecule has 14 nitrogen and oxygen atoms in total. The first-order valence-corrected chi connectivity index (χ1v) is 19.0. The van der Waals surface area contributed by atoms with Gasteiger partial charge < -0.3 is 20.3 Å². The van der Waals surface area contributed by atoms with Gasteiger partial charge in [0, 0.05) is 51.7 Å². The van der Waals surface area contributed by atoms with E-state index in [1.165, 1.54) is 4.90 Å². The Morgan fingerprint density at radius 1 is 1.00 bits per heavy atom. The maximum atomic E-state index is 13.3. The van der Waals surface area contributed by atoms with Crippen LogP contribution < -0.4 is 20.7 Å². The molecular formula is C38H39ClN8O6S. The number of hydrogen-bond donors (Lipinski definition) is 3. The molecule has 3 N–H and O–H groups in total. The first-order valence-electron chi connectivity index (χ1n) is 17.8. The first-order chi connectivity index (χ1) is 26.0. The Bertz CT molecular complexity index is 2200. The largest absolute Gasteiger partial charge is 0.483 e. The predicted molar refractivity (Wildman–Crippen MR) is 201 cm³/mol. The molecule has 0 radical (unpaired) electrons. The lowest BCUT2D eigenvalue weighted by molar-refractivity contribution is -0.137. The summed E-state index contributed by atoms with van der Waals surface area (Å²) in [6, 6.07) is 11.2. The lowest BCUT2D eigenvalue weighted by Crippen LogP contribution is -2.52. The van der Waals surface area contributed by atoms with Gasteiger partial charge in [-0.2, -0.15) is 0 Å². The number of imide groups is 1. The number of thiophene rings is 1. The second kappa shape index (κ2) is 15.5. The Labute approximate surface area is 320 Å². The summed E-state index contributed by atoms with van der Waals surface area (Å²) in [4.78, 5) is 70.6. The van der Waals surface area contributed by atoms with Crippen molar-refractivity contribution in [3.8, 4) is 10.8 Å². The Balaban J connectivity index is 0.896. The third-order valence-corrected chi connectivity index (χ3v) is 11.3. The molecule has 0 spiro atoms. The lowest BCUT2D eigenvalue weighted by Gasteiger charge is -2.29. The topological polar surface area (TPSA) is 177 Å². The van der Waals surface area contributed by atoms with Crippen LogP contribution in [0.3, 0.4) is 0 Å². The summed E-state index contributed by atoms with van der Waals surface area (Å²) in [5, 5.41) is 18.5. The maximum Gasteiger partial charge on any atom is 0.257 e. The SMILES string of the molecule is Cc1sc2c(c1C)C(c1ccc(Cl)cc1)=N[C@@H](CC(=O)NCCCCNC(=O)COc1cccc3c1CN(C1CCC(=O)NC1=O)C3=O)c1nnc(C)n1-2. The van der Waals surface area contributed by atoms with E-state index in [1.54, 1.807) is 29.5 Å². The number of fused-ring (bicyclic) bond motifs is 4. The molecule has 2 aromatic carbocycles. The number of rotatable bonds is 12. The summed E-state index contributed by atoms with van der Waals surface area (Å²) in [6.45, 7) is 6.75. The number of ether oxygens (including phenoxy) is 1. The highest BCUT2D eigenvalue weighted by molar-refractivity contribution is 7.15. The number of hydrogen-bond acceptors (Lipinski definition) is 10. The Hall–Kier alpha value is -5.41. The van der Waals surface area contributed by atoms with Crippen LogP contribution >= 0.6 is 22.9 Å². The third-order valence-electron chi connectivity index (χ3n) is 9.88. The molecule has 2 aromatic heterocycles. The van der Waals surface area contributed by atoms with E-state index >= 15 is 0 Å². The minimum absolute atomic E-state index is 0.0797. The van der Waals surface area contributed by atoms with Crippen molar-refractivity contribution in [2.75, 3.05) is 19.7 Å². The van der Waals surface area contributed by atoms with Crippen molar-refractivity contribution in [3.63, 3.8) is 0 Å². The fourth-order valence-electron chi connectivity index (χ4n) is 6.97. The van der Waals surface area contributed by atoms with Crippen LogP contribution in [0.15, 0.2) is 47.5 Å². The molecule has 0 aliphatic carbocycles. The van der Waals surface area contributed by atoms with Gasteiger partial charge in [0.15, 0.2) is 12.4 Å². The fourth-order valence-corrected chi connectivity index (χ4v) is 8.31. The molecule has 0 bridgehead atoms. The number of unbranched alkanes of at least 4 members (excludes halogenated alkanes) is 1. The fraction of sp³-hybridized carbons (Fsp3) is 0.368. The smallest absolute Gasteiger partial charge is 0.257 e. The zero-order chi connectivity index (χ0) is 38.1. The van der Waals surface area contributed by atoms with Crippen LogP contribution in [0.25, 0.3) is 5.00 Å². The van der Waals surface area contributed by atoms with E-state index in [2.05, 4.69) is 40.0 Å². The van der Waals surface area contributed by atoms with Gasteiger partial charge in [0.05, 0.1) is 18.7 Å². The number of aliphatic imine (C=N–C) groups is 1. The number of carbonyl (C=O) groups excluding carboxylic acids is 5. The summed E-state index contributed by atoms with van der Waals surface area (Å²) < 4.78 is 7.81. The molecule has 5 heterocycles. The van der Waals surface area contributed by atoms with Gasteiger partial charge in [0.2, 0.25) is 17.7 Å². The molecular weight excluding hydrogens is 732 g/mol. The summed E-state index contributed by atoms with van der Waals surface area (Å²) in [7, 11) is 0. The highest BCUT2D eigenvalue weighted by Crippen LogP contribution is 2.40. The maximum absolute atomic E-state index is 13.3. The van der Waals surface area contributed by atoms with Crippen molar-refractivity contribution in [3.05, 3.63) is 91.8 Å². The first kappa shape index (κ1) is 36.9. The third kappa shape index (κ3) is 7.37. The number of piperidine rings is 1. The second-order valence-electron chi connectivity index (χ2n) is 13.5. The summed E-state index contributed by atoms with van der Waals surface area (Å²) in [5.41, 5.74) is 4.80. The van der Waals surface area contributed by atoms with Crippen LogP contribution in [0.5, 0.6) is 5.75 Å². The molecule has 3 aliphatic heterocycles. The Morgan fingerprint density at radius 3 is 2.48 bits per heavy atom. The molecule has 54 heavy (non-hydrogen) atoms. The van der Waals surface area contributed by atoms with Gasteiger partial charge in [0.25, 0.3) is 11.8 Å². The summed E-state index contributed by atoms with van der Waals surface area (Å²) >= 11 is 7.86. The van der Waals surface area contributed by atoms with E-state index < -0.39 is 18.0 Å². The van der Waals surface area contributed by atoms with Gasteiger partial charge in [0.1, 0.15) is 28.7 Å². The van der Waals surface area contributed by atoms with Gasteiger partial charge in [-0.05, 0) is 69.9 Å².